The first-order valence-electron chi connectivity index (χ1n) is 20.2. The van der Waals surface area contributed by atoms with Crippen LogP contribution in [0, 0.1) is 0 Å². The molecule has 0 aromatic carbocycles. The number of carbonyl (C=O) groups is 1. The predicted octanol–water partition coefficient (Wildman–Crippen LogP) is 10.6. The molecule has 0 aliphatic carbocycles. The first-order valence-corrected chi connectivity index (χ1v) is 21.7. The molecule has 8 nitrogen and oxygen atoms in total. The summed E-state index contributed by atoms with van der Waals surface area (Å²) in [5.74, 6) is -0.191. The zero-order valence-electron chi connectivity index (χ0n) is 32.7. The van der Waals surface area contributed by atoms with Gasteiger partial charge in [0.15, 0.2) is 0 Å². The third-order valence-corrected chi connectivity index (χ3v) is 9.91. The molecule has 0 saturated heterocycles. The van der Waals surface area contributed by atoms with Crippen LogP contribution in [0.1, 0.15) is 174 Å². The number of allylic oxidation sites excluding steroid dienone is 3. The van der Waals surface area contributed by atoms with E-state index in [1.165, 1.54) is 116 Å². The Labute approximate surface area is 303 Å². The fourth-order valence-electron chi connectivity index (χ4n) is 5.64. The molecular weight excluding hydrogens is 635 g/mol. The van der Waals surface area contributed by atoms with Crippen molar-refractivity contribution in [2.75, 3.05) is 40.9 Å². The van der Waals surface area contributed by atoms with Crippen LogP contribution in [0.15, 0.2) is 24.3 Å². The van der Waals surface area contributed by atoms with E-state index in [2.05, 4.69) is 31.3 Å². The predicted molar refractivity (Wildman–Crippen MR) is 208 cm³/mol. The van der Waals surface area contributed by atoms with Gasteiger partial charge in [0.25, 0.3) is 0 Å². The van der Waals surface area contributed by atoms with Crippen LogP contribution < -0.4 is 5.32 Å². The van der Waals surface area contributed by atoms with Gasteiger partial charge in [-0.3, -0.25) is 13.8 Å². The van der Waals surface area contributed by atoms with Gasteiger partial charge in [0.1, 0.15) is 13.2 Å². The molecule has 0 heterocycles. The van der Waals surface area contributed by atoms with Crippen LogP contribution in [0.2, 0.25) is 0 Å². The number of unbranched alkanes of at least 4 members (excludes halogenated alkanes) is 21. The minimum Gasteiger partial charge on any atom is -0.387 e. The Morgan fingerprint density at radius 1 is 0.673 bits per heavy atom. The molecule has 0 aliphatic heterocycles. The molecule has 9 heteroatoms. The van der Waals surface area contributed by atoms with E-state index in [1.807, 2.05) is 27.2 Å². The third kappa shape index (κ3) is 35.2. The summed E-state index contributed by atoms with van der Waals surface area (Å²) in [4.78, 5) is 22.9. The highest BCUT2D eigenvalue weighted by atomic mass is 31.2. The highest BCUT2D eigenvalue weighted by molar-refractivity contribution is 7.47. The average Bonchev–Trinajstić information content (AvgIpc) is 3.04. The fraction of sp³-hybridized carbons (Fsp3) is 0.875. The number of hydrogen-bond acceptors (Lipinski definition) is 5. The van der Waals surface area contributed by atoms with Crippen molar-refractivity contribution in [3.8, 4) is 0 Å². The van der Waals surface area contributed by atoms with Crippen LogP contribution in [-0.2, 0) is 18.4 Å². The van der Waals surface area contributed by atoms with E-state index in [9.17, 15) is 19.4 Å². The lowest BCUT2D eigenvalue weighted by atomic mass is 10.0. The molecule has 0 bridgehead atoms. The smallest absolute Gasteiger partial charge is 0.387 e. The number of amides is 1. The number of quaternary nitrogens is 1. The van der Waals surface area contributed by atoms with Crippen LogP contribution in [0.5, 0.6) is 0 Å². The van der Waals surface area contributed by atoms with Crippen molar-refractivity contribution < 1.29 is 32.9 Å². The van der Waals surface area contributed by atoms with Gasteiger partial charge in [-0.15, -0.1) is 0 Å². The molecule has 290 valence electrons. The Morgan fingerprint density at radius 2 is 1.12 bits per heavy atom. The van der Waals surface area contributed by atoms with Crippen LogP contribution in [0.4, 0.5) is 0 Å². The molecule has 3 atom stereocenters. The van der Waals surface area contributed by atoms with Crippen molar-refractivity contribution in [3.05, 3.63) is 24.3 Å². The van der Waals surface area contributed by atoms with Crippen molar-refractivity contribution in [3.63, 3.8) is 0 Å². The number of aliphatic hydroxyl groups excluding tert-OH is 1. The summed E-state index contributed by atoms with van der Waals surface area (Å²) >= 11 is 0. The van der Waals surface area contributed by atoms with Gasteiger partial charge in [0.2, 0.25) is 5.91 Å². The number of nitrogens with one attached hydrogen (secondary N) is 1. The number of hydrogen-bond donors (Lipinski definition) is 3. The second-order valence-electron chi connectivity index (χ2n) is 15.0. The fourth-order valence-corrected chi connectivity index (χ4v) is 6.38. The van der Waals surface area contributed by atoms with E-state index in [0.29, 0.717) is 17.4 Å². The van der Waals surface area contributed by atoms with Crippen LogP contribution in [0.25, 0.3) is 0 Å². The molecule has 0 aliphatic rings. The Morgan fingerprint density at radius 3 is 1.63 bits per heavy atom. The Hall–Kier alpha value is -1.02. The monoisotopic (exact) mass is 716 g/mol. The third-order valence-electron chi connectivity index (χ3n) is 8.92. The number of carbonyl (C=O) groups excluding carboxylic acids is 1. The molecule has 0 spiro atoms. The highest BCUT2D eigenvalue weighted by Gasteiger charge is 2.27. The van der Waals surface area contributed by atoms with E-state index in [-0.39, 0.29) is 19.1 Å². The first kappa shape index (κ1) is 48.0. The molecule has 0 fully saturated rings. The maximum atomic E-state index is 12.7. The molecule has 0 aromatic rings. The van der Waals surface area contributed by atoms with E-state index < -0.39 is 20.0 Å². The van der Waals surface area contributed by atoms with Crippen LogP contribution >= 0.6 is 7.82 Å². The topological polar surface area (TPSA) is 105 Å². The second-order valence-corrected chi connectivity index (χ2v) is 16.5. The highest BCUT2D eigenvalue weighted by Crippen LogP contribution is 2.43. The van der Waals surface area contributed by atoms with Gasteiger partial charge >= 0.3 is 7.82 Å². The maximum Gasteiger partial charge on any atom is 0.472 e. The average molecular weight is 716 g/mol. The standard InChI is InChI=1S/C40H79N2O6P/c1-6-8-10-12-14-16-17-18-19-20-21-22-23-24-26-27-29-31-33-39(43)38(37-48-49(45,46)47-36-35-42(3,4)5)41-40(44)34-32-30-28-25-15-13-11-9-7-2/h24,26,31,33,38-39,43H,6-23,25,27-30,32,34-37H2,1-5H3,(H-,41,44,45,46)/p+1/b26-24+,33-31+. The van der Waals surface area contributed by atoms with Crippen molar-refractivity contribution in [1.29, 1.82) is 0 Å². The van der Waals surface area contributed by atoms with Gasteiger partial charge in [-0.05, 0) is 32.1 Å². The van der Waals surface area contributed by atoms with Gasteiger partial charge in [0, 0.05) is 6.42 Å². The van der Waals surface area contributed by atoms with Gasteiger partial charge < -0.3 is 19.8 Å². The molecule has 3 N–H and O–H groups in total. The van der Waals surface area contributed by atoms with Gasteiger partial charge in [-0.1, -0.05) is 160 Å². The van der Waals surface area contributed by atoms with Crippen molar-refractivity contribution in [1.82, 2.24) is 5.32 Å². The molecule has 0 rings (SSSR count). The van der Waals surface area contributed by atoms with Crippen molar-refractivity contribution in [2.45, 2.75) is 187 Å². The van der Waals surface area contributed by atoms with E-state index in [0.717, 1.165) is 38.5 Å². The lowest BCUT2D eigenvalue weighted by Gasteiger charge is -2.25. The van der Waals surface area contributed by atoms with Gasteiger partial charge in [-0.25, -0.2) is 4.57 Å². The maximum absolute atomic E-state index is 12.7. The van der Waals surface area contributed by atoms with Gasteiger partial charge in [0.05, 0.1) is 39.9 Å². The molecule has 0 radical (unpaired) electrons. The number of phosphoric acid groups is 1. The number of nitrogens with zero attached hydrogens (tertiary/aromatic N) is 1. The lowest BCUT2D eigenvalue weighted by Crippen LogP contribution is -2.45. The van der Waals surface area contributed by atoms with E-state index >= 15 is 0 Å². The van der Waals surface area contributed by atoms with Crippen LogP contribution in [0.3, 0.4) is 0 Å². The molecule has 3 unspecified atom stereocenters. The first-order chi connectivity index (χ1) is 23.5. The largest absolute Gasteiger partial charge is 0.472 e. The summed E-state index contributed by atoms with van der Waals surface area (Å²) in [6.07, 6.45) is 36.8. The summed E-state index contributed by atoms with van der Waals surface area (Å²) in [5.41, 5.74) is 0. The minimum absolute atomic E-state index is 0.0577. The Bertz CT molecular complexity index is 860. The SMILES string of the molecule is CCCCCCCCCCCCCC/C=C/CC/C=C/C(O)C(COP(=O)(O)OCC[N+](C)(C)C)NC(=O)CCCCCCCCCCC. The summed E-state index contributed by atoms with van der Waals surface area (Å²) in [6.45, 7) is 4.76. The Kier molecular flexibility index (Phi) is 32.2. The van der Waals surface area contributed by atoms with Crippen molar-refractivity contribution >= 4 is 13.7 Å². The van der Waals surface area contributed by atoms with E-state index in [4.69, 9.17) is 9.05 Å². The zero-order valence-corrected chi connectivity index (χ0v) is 33.6. The summed E-state index contributed by atoms with van der Waals surface area (Å²) < 4.78 is 23.4. The summed E-state index contributed by atoms with van der Waals surface area (Å²) in [5, 5.41) is 13.7. The van der Waals surface area contributed by atoms with Gasteiger partial charge in [-0.2, -0.15) is 0 Å². The van der Waals surface area contributed by atoms with Crippen LogP contribution in [-0.4, -0.2) is 73.4 Å². The minimum atomic E-state index is -4.33. The zero-order chi connectivity index (χ0) is 36.5. The lowest BCUT2D eigenvalue weighted by molar-refractivity contribution is -0.870. The molecule has 0 saturated carbocycles. The van der Waals surface area contributed by atoms with Crippen molar-refractivity contribution in [2.24, 2.45) is 0 Å². The normalized spacial score (nSPS) is 14.8. The number of likely N-dealkylation sites (N-methyl/N-ethyl adjacent to an activating group) is 1. The molecule has 1 amide bonds. The number of rotatable bonds is 36. The summed E-state index contributed by atoms with van der Waals surface area (Å²) in [6, 6.07) is -0.855. The second kappa shape index (κ2) is 32.9. The number of phosphoric ester groups is 1. The quantitative estimate of drug-likeness (QED) is 0.0258. The summed E-state index contributed by atoms with van der Waals surface area (Å²) in [7, 11) is 1.56. The molecule has 49 heavy (non-hydrogen) atoms. The number of aliphatic hydroxyl groups is 1. The van der Waals surface area contributed by atoms with E-state index in [1.54, 1.807) is 6.08 Å². The Balaban J connectivity index is 4.49. The molecule has 0 aromatic heterocycles. The molecular formula is C40H80N2O6P+.